The number of hydrogen-bond donors (Lipinski definition) is 1. The summed E-state index contributed by atoms with van der Waals surface area (Å²) in [5.41, 5.74) is 0. The van der Waals surface area contributed by atoms with Crippen molar-refractivity contribution in [3.63, 3.8) is 0 Å². The molecule has 1 aliphatic rings. The monoisotopic (exact) mass is 227 g/mol. The number of likely N-dealkylation sites (tertiary alicyclic amines) is 1. The average Bonchev–Trinajstić information content (AvgIpc) is 2.28. The smallest absolute Gasteiger partial charge is 0.239 e. The van der Waals surface area contributed by atoms with Crippen LogP contribution in [0, 0.1) is 5.92 Å². The van der Waals surface area contributed by atoms with Crippen LogP contribution in [0.15, 0.2) is 0 Å². The van der Waals surface area contributed by atoms with Crippen LogP contribution in [0.4, 0.5) is 0 Å². The first kappa shape index (κ1) is 13.5. The molecule has 0 aromatic carbocycles. The van der Waals surface area contributed by atoms with Gasteiger partial charge in [-0.05, 0) is 52.4 Å². The number of likely N-dealkylation sites (N-methyl/N-ethyl adjacent to an activating group) is 1. The Bertz CT molecular complexity index is 222. The largest absolute Gasteiger partial charge is 0.347 e. The molecular formula is C12H25N3O. The molecular weight excluding hydrogens is 202 g/mol. The second kappa shape index (κ2) is 6.21. The summed E-state index contributed by atoms with van der Waals surface area (Å²) in [6.45, 7) is 5.21. The van der Waals surface area contributed by atoms with Crippen molar-refractivity contribution in [1.82, 2.24) is 15.1 Å². The van der Waals surface area contributed by atoms with Crippen molar-refractivity contribution in [2.45, 2.75) is 25.8 Å². The Labute approximate surface area is 99.0 Å². The van der Waals surface area contributed by atoms with Crippen LogP contribution in [-0.2, 0) is 4.79 Å². The van der Waals surface area contributed by atoms with Gasteiger partial charge in [-0.15, -0.1) is 0 Å². The average molecular weight is 227 g/mol. The van der Waals surface area contributed by atoms with E-state index >= 15 is 0 Å². The molecule has 0 aromatic heterocycles. The van der Waals surface area contributed by atoms with Gasteiger partial charge in [-0.1, -0.05) is 0 Å². The molecule has 1 aliphatic heterocycles. The normalized spacial score (nSPS) is 20.8. The molecule has 4 nitrogen and oxygen atoms in total. The van der Waals surface area contributed by atoms with Gasteiger partial charge in [0.25, 0.3) is 0 Å². The summed E-state index contributed by atoms with van der Waals surface area (Å²) in [5.74, 6) is 0.995. The number of amides is 1. The highest BCUT2D eigenvalue weighted by atomic mass is 16.2. The maximum Gasteiger partial charge on any atom is 0.239 e. The van der Waals surface area contributed by atoms with Gasteiger partial charge in [-0.3, -0.25) is 9.69 Å². The molecule has 1 amide bonds. The van der Waals surface area contributed by atoms with Gasteiger partial charge in [-0.2, -0.15) is 0 Å². The zero-order valence-corrected chi connectivity index (χ0v) is 11.0. The lowest BCUT2D eigenvalue weighted by molar-refractivity contribution is -0.134. The molecule has 1 fully saturated rings. The number of hydrogen-bond acceptors (Lipinski definition) is 3. The Hall–Kier alpha value is -0.610. The summed E-state index contributed by atoms with van der Waals surface area (Å²) >= 11 is 0. The van der Waals surface area contributed by atoms with E-state index in [9.17, 15) is 4.79 Å². The third kappa shape index (κ3) is 3.46. The molecule has 1 atom stereocenters. The Morgan fingerprint density at radius 3 is 2.44 bits per heavy atom. The van der Waals surface area contributed by atoms with Gasteiger partial charge in [0.15, 0.2) is 0 Å². The second-order valence-electron chi connectivity index (χ2n) is 4.95. The van der Waals surface area contributed by atoms with Crippen LogP contribution in [0.5, 0.6) is 0 Å². The number of nitrogens with one attached hydrogen (secondary N) is 1. The van der Waals surface area contributed by atoms with Gasteiger partial charge >= 0.3 is 0 Å². The van der Waals surface area contributed by atoms with E-state index in [1.54, 1.807) is 4.90 Å². The fraction of sp³-hybridized carbons (Fsp3) is 0.917. The Morgan fingerprint density at radius 2 is 2.00 bits per heavy atom. The molecule has 4 heteroatoms. The molecule has 1 rings (SSSR count). The first-order valence-electron chi connectivity index (χ1n) is 6.16. The lowest BCUT2D eigenvalue weighted by Crippen LogP contribution is -2.48. The Balaban J connectivity index is 2.38. The maximum absolute atomic E-state index is 11.8. The minimum atomic E-state index is 0.0329. The summed E-state index contributed by atoms with van der Waals surface area (Å²) in [6.07, 6.45) is 2.40. The topological polar surface area (TPSA) is 35.6 Å². The van der Waals surface area contributed by atoms with Crippen LogP contribution >= 0.6 is 0 Å². The van der Waals surface area contributed by atoms with Gasteiger partial charge in [0, 0.05) is 14.1 Å². The van der Waals surface area contributed by atoms with Gasteiger partial charge in [-0.25, -0.2) is 0 Å². The fourth-order valence-corrected chi connectivity index (χ4v) is 2.36. The van der Waals surface area contributed by atoms with Crippen molar-refractivity contribution in [3.05, 3.63) is 0 Å². The molecule has 0 aliphatic carbocycles. The van der Waals surface area contributed by atoms with Gasteiger partial charge in [0.2, 0.25) is 5.91 Å². The van der Waals surface area contributed by atoms with Crippen molar-refractivity contribution in [2.75, 3.05) is 40.8 Å². The van der Waals surface area contributed by atoms with Crippen LogP contribution in [0.25, 0.3) is 0 Å². The third-order valence-corrected chi connectivity index (χ3v) is 3.49. The van der Waals surface area contributed by atoms with Crippen molar-refractivity contribution in [1.29, 1.82) is 0 Å². The lowest BCUT2D eigenvalue weighted by Gasteiger charge is -2.36. The highest BCUT2D eigenvalue weighted by Gasteiger charge is 2.26. The fourth-order valence-electron chi connectivity index (χ4n) is 2.36. The summed E-state index contributed by atoms with van der Waals surface area (Å²) in [5, 5.41) is 3.23. The van der Waals surface area contributed by atoms with Crippen LogP contribution < -0.4 is 5.32 Å². The molecule has 0 bridgehead atoms. The quantitative estimate of drug-likeness (QED) is 0.755. The van der Waals surface area contributed by atoms with Crippen LogP contribution in [0.1, 0.15) is 19.8 Å². The van der Waals surface area contributed by atoms with E-state index in [1.165, 1.54) is 12.8 Å². The summed E-state index contributed by atoms with van der Waals surface area (Å²) in [4.78, 5) is 15.8. The molecule has 1 saturated heterocycles. The van der Waals surface area contributed by atoms with E-state index in [1.807, 2.05) is 28.1 Å². The zero-order valence-electron chi connectivity index (χ0n) is 11.0. The van der Waals surface area contributed by atoms with Crippen LogP contribution in [0.2, 0.25) is 0 Å². The second-order valence-corrected chi connectivity index (χ2v) is 4.95. The molecule has 94 valence electrons. The molecule has 0 radical (unpaired) electrons. The van der Waals surface area contributed by atoms with E-state index in [-0.39, 0.29) is 11.9 Å². The van der Waals surface area contributed by atoms with Crippen LogP contribution in [-0.4, -0.2) is 62.5 Å². The highest BCUT2D eigenvalue weighted by Crippen LogP contribution is 2.18. The maximum atomic E-state index is 11.8. The number of carbonyl (C=O) groups is 1. The predicted octanol–water partition coefficient (Wildman–Crippen LogP) is 0.395. The first-order valence-corrected chi connectivity index (χ1v) is 6.16. The molecule has 1 heterocycles. The summed E-state index contributed by atoms with van der Waals surface area (Å²) in [7, 11) is 5.66. The van der Waals surface area contributed by atoms with E-state index in [2.05, 4.69) is 10.2 Å². The van der Waals surface area contributed by atoms with E-state index < -0.39 is 0 Å². The van der Waals surface area contributed by atoms with E-state index in [0.29, 0.717) is 0 Å². The lowest BCUT2D eigenvalue weighted by atomic mass is 9.96. The highest BCUT2D eigenvalue weighted by molar-refractivity contribution is 5.80. The molecule has 1 N–H and O–H groups in total. The number of rotatable bonds is 4. The molecule has 16 heavy (non-hydrogen) atoms. The molecule has 0 aromatic rings. The van der Waals surface area contributed by atoms with Crippen LogP contribution in [0.3, 0.4) is 0 Å². The number of nitrogens with zero attached hydrogens (tertiary/aromatic N) is 2. The van der Waals surface area contributed by atoms with E-state index in [0.717, 1.165) is 25.6 Å². The Kier molecular flexibility index (Phi) is 5.22. The third-order valence-electron chi connectivity index (χ3n) is 3.49. The van der Waals surface area contributed by atoms with Gasteiger partial charge < -0.3 is 10.2 Å². The first-order chi connectivity index (χ1) is 7.56. The predicted molar refractivity (Wildman–Crippen MR) is 66.4 cm³/mol. The van der Waals surface area contributed by atoms with Crippen molar-refractivity contribution < 1.29 is 4.79 Å². The summed E-state index contributed by atoms with van der Waals surface area (Å²) < 4.78 is 0. The zero-order chi connectivity index (χ0) is 12.1. The SMILES string of the molecule is CNCC1CCN(C(C)C(=O)N(C)C)CC1. The van der Waals surface area contributed by atoms with Gasteiger partial charge in [0.05, 0.1) is 6.04 Å². The molecule has 0 spiro atoms. The Morgan fingerprint density at radius 1 is 1.44 bits per heavy atom. The van der Waals surface area contributed by atoms with Crippen molar-refractivity contribution in [3.8, 4) is 0 Å². The standard InChI is InChI=1S/C12H25N3O/c1-10(12(16)14(3)4)15-7-5-11(6-8-15)9-13-2/h10-11,13H,5-9H2,1-4H3. The molecule has 1 unspecified atom stereocenters. The number of piperidine rings is 1. The summed E-state index contributed by atoms with van der Waals surface area (Å²) in [6, 6.07) is 0.0329. The minimum absolute atomic E-state index is 0.0329. The van der Waals surface area contributed by atoms with Crippen molar-refractivity contribution in [2.24, 2.45) is 5.92 Å². The van der Waals surface area contributed by atoms with E-state index in [4.69, 9.17) is 0 Å². The van der Waals surface area contributed by atoms with Crippen molar-refractivity contribution >= 4 is 5.91 Å². The molecule has 0 saturated carbocycles. The van der Waals surface area contributed by atoms with Gasteiger partial charge in [0.1, 0.15) is 0 Å². The number of carbonyl (C=O) groups excluding carboxylic acids is 1. The minimum Gasteiger partial charge on any atom is -0.347 e.